The molecule has 3 rings (SSSR count). The van der Waals surface area contributed by atoms with Crippen LogP contribution in [0.3, 0.4) is 0 Å². The van der Waals surface area contributed by atoms with Crippen molar-refractivity contribution in [1.82, 2.24) is 10.3 Å². The minimum absolute atomic E-state index is 0.0194. The number of hydrogen-bond acceptors (Lipinski definition) is 5. The quantitative estimate of drug-likeness (QED) is 0.834. The molecule has 0 atom stereocenters. The Morgan fingerprint density at radius 3 is 2.75 bits per heavy atom. The highest BCUT2D eigenvalue weighted by Crippen LogP contribution is 2.27. The second-order valence-corrected chi connectivity index (χ2v) is 6.45. The van der Waals surface area contributed by atoms with Crippen molar-refractivity contribution in [2.75, 3.05) is 6.54 Å². The molecule has 6 heteroatoms. The Kier molecular flexibility index (Phi) is 5.46. The highest BCUT2D eigenvalue weighted by molar-refractivity contribution is 6.18. The Morgan fingerprint density at radius 2 is 2.00 bits per heavy atom. The van der Waals surface area contributed by atoms with E-state index in [1.54, 1.807) is 6.20 Å². The largest absolute Gasteiger partial charge is 0.349 e. The molecule has 0 bridgehead atoms. The van der Waals surface area contributed by atoms with Crippen molar-refractivity contribution in [3.05, 3.63) is 30.1 Å². The molecular formula is C18H22N4O2. The van der Waals surface area contributed by atoms with E-state index >= 15 is 0 Å². The number of pyridine rings is 1. The van der Waals surface area contributed by atoms with E-state index in [4.69, 9.17) is 0 Å². The Labute approximate surface area is 141 Å². The topological polar surface area (TPSA) is 83.8 Å². The lowest BCUT2D eigenvalue weighted by Crippen LogP contribution is -2.31. The van der Waals surface area contributed by atoms with Gasteiger partial charge in [-0.05, 0) is 30.9 Å². The van der Waals surface area contributed by atoms with Gasteiger partial charge < -0.3 is 5.32 Å². The molecule has 2 aliphatic rings. The molecule has 6 nitrogen and oxygen atoms in total. The molecule has 0 radical (unpaired) electrons. The minimum atomic E-state index is -0.0361. The lowest BCUT2D eigenvalue weighted by Gasteiger charge is -2.09. The summed E-state index contributed by atoms with van der Waals surface area (Å²) >= 11 is 0. The fourth-order valence-corrected chi connectivity index (χ4v) is 3.20. The van der Waals surface area contributed by atoms with Crippen LogP contribution in [0.2, 0.25) is 0 Å². The SMILES string of the molecule is O=C(CNC(=O)CC1CCCC1)CC1=NN=C(c2ccccn2)C1. The van der Waals surface area contributed by atoms with Crippen LogP contribution >= 0.6 is 0 Å². The zero-order valence-corrected chi connectivity index (χ0v) is 13.7. The van der Waals surface area contributed by atoms with Gasteiger partial charge in [-0.2, -0.15) is 10.2 Å². The summed E-state index contributed by atoms with van der Waals surface area (Å²) in [7, 11) is 0. The van der Waals surface area contributed by atoms with Crippen molar-refractivity contribution in [2.24, 2.45) is 16.1 Å². The van der Waals surface area contributed by atoms with Gasteiger partial charge in [-0.1, -0.05) is 18.9 Å². The highest BCUT2D eigenvalue weighted by Gasteiger charge is 2.20. The Balaban J connectivity index is 1.38. The molecule has 126 valence electrons. The van der Waals surface area contributed by atoms with Gasteiger partial charge in [0.15, 0.2) is 5.78 Å². The summed E-state index contributed by atoms with van der Waals surface area (Å²) in [4.78, 5) is 28.1. The number of nitrogens with one attached hydrogen (secondary N) is 1. The second-order valence-electron chi connectivity index (χ2n) is 6.45. The molecule has 0 unspecified atom stereocenters. The van der Waals surface area contributed by atoms with Crippen LogP contribution in [0.5, 0.6) is 0 Å². The van der Waals surface area contributed by atoms with E-state index in [0.29, 0.717) is 18.8 Å². The second kappa shape index (κ2) is 7.95. The van der Waals surface area contributed by atoms with Gasteiger partial charge in [-0.15, -0.1) is 0 Å². The number of carbonyl (C=O) groups is 2. The molecule has 1 aromatic heterocycles. The number of ketones is 1. The molecular weight excluding hydrogens is 304 g/mol. The summed E-state index contributed by atoms with van der Waals surface area (Å²) in [6.45, 7) is 0.0729. The van der Waals surface area contributed by atoms with Gasteiger partial charge in [-0.3, -0.25) is 14.6 Å². The molecule has 1 saturated carbocycles. The first kappa shape index (κ1) is 16.5. The third kappa shape index (κ3) is 4.57. The average molecular weight is 326 g/mol. The third-order valence-corrected chi connectivity index (χ3v) is 4.48. The predicted octanol–water partition coefficient (Wildman–Crippen LogP) is 2.29. The standard InChI is InChI=1S/C18H22N4O2/c23-15(12-20-18(24)9-13-5-1-2-6-13)10-14-11-17(22-21-14)16-7-3-4-8-19-16/h3-4,7-8,13H,1-2,5-6,9-12H2,(H,20,24). The summed E-state index contributed by atoms with van der Waals surface area (Å²) in [5, 5.41) is 10.9. The lowest BCUT2D eigenvalue weighted by atomic mass is 10.0. The van der Waals surface area contributed by atoms with E-state index in [-0.39, 0.29) is 24.7 Å². The van der Waals surface area contributed by atoms with E-state index < -0.39 is 0 Å². The molecule has 1 N–H and O–H groups in total. The average Bonchev–Trinajstić information content (AvgIpc) is 3.26. The molecule has 1 aliphatic carbocycles. The van der Waals surface area contributed by atoms with Gasteiger partial charge in [0.1, 0.15) is 0 Å². The normalized spacial score (nSPS) is 17.5. The maximum Gasteiger partial charge on any atom is 0.220 e. The van der Waals surface area contributed by atoms with Gasteiger partial charge in [0.2, 0.25) is 5.91 Å². The number of amides is 1. The first-order valence-electron chi connectivity index (χ1n) is 8.53. The molecule has 1 aliphatic heterocycles. The van der Waals surface area contributed by atoms with Gasteiger partial charge in [0, 0.05) is 25.5 Å². The number of nitrogens with zero attached hydrogens (tertiary/aromatic N) is 3. The predicted molar refractivity (Wildman–Crippen MR) is 92.0 cm³/mol. The van der Waals surface area contributed by atoms with Crippen LogP contribution in [-0.2, 0) is 9.59 Å². The fraction of sp³-hybridized carbons (Fsp3) is 0.500. The maximum atomic E-state index is 12.0. The van der Waals surface area contributed by atoms with Crippen molar-refractivity contribution in [2.45, 2.75) is 44.9 Å². The zero-order chi connectivity index (χ0) is 16.8. The number of Topliss-reactive ketones (excluding diaryl/α,β-unsaturated/α-hetero) is 1. The Morgan fingerprint density at radius 1 is 1.17 bits per heavy atom. The van der Waals surface area contributed by atoms with Gasteiger partial charge in [-0.25, -0.2) is 0 Å². The van der Waals surface area contributed by atoms with Crippen LogP contribution in [0, 0.1) is 5.92 Å². The summed E-state index contributed by atoms with van der Waals surface area (Å²) in [6.07, 6.45) is 7.71. The maximum absolute atomic E-state index is 12.0. The fourth-order valence-electron chi connectivity index (χ4n) is 3.20. The first-order valence-corrected chi connectivity index (χ1v) is 8.53. The van der Waals surface area contributed by atoms with Crippen molar-refractivity contribution < 1.29 is 9.59 Å². The summed E-state index contributed by atoms with van der Waals surface area (Å²) in [6, 6.07) is 5.62. The van der Waals surface area contributed by atoms with Crippen LogP contribution in [0.25, 0.3) is 0 Å². The van der Waals surface area contributed by atoms with Crippen molar-refractivity contribution in [3.8, 4) is 0 Å². The van der Waals surface area contributed by atoms with Crippen LogP contribution < -0.4 is 5.32 Å². The number of aromatic nitrogens is 1. The number of carbonyl (C=O) groups excluding carboxylic acids is 2. The molecule has 2 heterocycles. The van der Waals surface area contributed by atoms with Gasteiger partial charge >= 0.3 is 0 Å². The third-order valence-electron chi connectivity index (χ3n) is 4.48. The van der Waals surface area contributed by atoms with E-state index in [1.807, 2.05) is 18.2 Å². The number of hydrogen-bond donors (Lipinski definition) is 1. The van der Waals surface area contributed by atoms with Crippen LogP contribution in [0.4, 0.5) is 0 Å². The van der Waals surface area contributed by atoms with Crippen molar-refractivity contribution in [1.29, 1.82) is 0 Å². The smallest absolute Gasteiger partial charge is 0.220 e. The molecule has 1 fully saturated rings. The monoisotopic (exact) mass is 326 g/mol. The number of rotatable bonds is 7. The summed E-state index contributed by atoms with van der Waals surface area (Å²) in [5.74, 6) is 0.439. The minimum Gasteiger partial charge on any atom is -0.349 e. The van der Waals surface area contributed by atoms with E-state index in [1.165, 1.54) is 12.8 Å². The molecule has 1 amide bonds. The highest BCUT2D eigenvalue weighted by atomic mass is 16.2. The van der Waals surface area contributed by atoms with Crippen molar-refractivity contribution >= 4 is 23.1 Å². The van der Waals surface area contributed by atoms with Crippen LogP contribution in [-0.4, -0.2) is 34.6 Å². The van der Waals surface area contributed by atoms with Crippen LogP contribution in [0.1, 0.15) is 50.6 Å². The van der Waals surface area contributed by atoms with E-state index in [0.717, 1.165) is 30.0 Å². The Hall–Kier alpha value is -2.37. The van der Waals surface area contributed by atoms with E-state index in [9.17, 15) is 9.59 Å². The summed E-state index contributed by atoms with van der Waals surface area (Å²) < 4.78 is 0. The molecule has 1 aromatic rings. The lowest BCUT2D eigenvalue weighted by molar-refractivity contribution is -0.125. The molecule has 24 heavy (non-hydrogen) atoms. The molecule has 0 spiro atoms. The van der Waals surface area contributed by atoms with E-state index in [2.05, 4.69) is 20.5 Å². The van der Waals surface area contributed by atoms with Crippen LogP contribution in [0.15, 0.2) is 34.6 Å². The van der Waals surface area contributed by atoms with Crippen molar-refractivity contribution in [3.63, 3.8) is 0 Å². The first-order chi connectivity index (χ1) is 11.7. The molecule has 0 aromatic carbocycles. The zero-order valence-electron chi connectivity index (χ0n) is 13.7. The van der Waals surface area contributed by atoms with Gasteiger partial charge in [0.25, 0.3) is 0 Å². The van der Waals surface area contributed by atoms with Gasteiger partial charge in [0.05, 0.1) is 23.7 Å². The summed E-state index contributed by atoms with van der Waals surface area (Å²) in [5.41, 5.74) is 2.29. The Bertz CT molecular complexity index is 661. The molecule has 0 saturated heterocycles.